The lowest BCUT2D eigenvalue weighted by Crippen LogP contribution is -2.14. The highest BCUT2D eigenvalue weighted by atomic mass is 16.5. The van der Waals surface area contributed by atoms with Crippen LogP contribution >= 0.6 is 0 Å². The minimum atomic E-state index is -0.108. The molecule has 3 aromatic heterocycles. The maximum absolute atomic E-state index is 11.6. The van der Waals surface area contributed by atoms with Gasteiger partial charge in [-0.05, 0) is 18.2 Å². The number of anilines is 1. The van der Waals surface area contributed by atoms with Gasteiger partial charge in [0.1, 0.15) is 5.69 Å². The highest BCUT2D eigenvalue weighted by Gasteiger charge is 2.19. The third kappa shape index (κ3) is 2.76. The topological polar surface area (TPSA) is 95.9 Å². The van der Waals surface area contributed by atoms with Crippen molar-refractivity contribution in [1.29, 1.82) is 0 Å². The summed E-state index contributed by atoms with van der Waals surface area (Å²) in [5, 5.41) is 0. The van der Waals surface area contributed by atoms with E-state index in [0.29, 0.717) is 22.8 Å². The lowest BCUT2D eigenvalue weighted by atomic mass is 10.0. The van der Waals surface area contributed by atoms with Crippen LogP contribution in [0.1, 0.15) is 0 Å². The van der Waals surface area contributed by atoms with Gasteiger partial charge < -0.3 is 15.0 Å². The second-order valence-electron chi connectivity index (χ2n) is 4.90. The molecule has 0 aromatic carbocycles. The minimum absolute atomic E-state index is 0.0936. The number of ether oxygens (including phenoxy) is 1. The average molecular weight is 309 g/mol. The van der Waals surface area contributed by atoms with Gasteiger partial charge in [0.05, 0.1) is 18.4 Å². The number of hydrogen-bond acceptors (Lipinski definition) is 6. The van der Waals surface area contributed by atoms with Crippen molar-refractivity contribution in [2.45, 2.75) is 0 Å². The minimum Gasteiger partial charge on any atom is -0.480 e. The number of aryl methyl sites for hydroxylation is 1. The van der Waals surface area contributed by atoms with E-state index >= 15 is 0 Å². The Balaban J connectivity index is 2.33. The fourth-order valence-corrected chi connectivity index (χ4v) is 2.29. The highest BCUT2D eigenvalue weighted by molar-refractivity contribution is 5.83. The molecular formula is C16H15N5O2. The van der Waals surface area contributed by atoms with E-state index in [1.807, 2.05) is 18.2 Å². The normalized spacial score (nSPS) is 10.5. The van der Waals surface area contributed by atoms with Crippen molar-refractivity contribution in [3.05, 3.63) is 53.1 Å². The molecule has 0 bridgehead atoms. The quantitative estimate of drug-likeness (QED) is 0.787. The SMILES string of the molecule is COc1nc(N)nc(-c2ccccn2)c1-c1ccc(=O)n(C)c1. The fraction of sp³-hybridized carbons (Fsp3) is 0.125. The van der Waals surface area contributed by atoms with Gasteiger partial charge in [0.2, 0.25) is 17.4 Å². The third-order valence-electron chi connectivity index (χ3n) is 3.37. The van der Waals surface area contributed by atoms with Crippen molar-refractivity contribution in [3.63, 3.8) is 0 Å². The molecule has 3 heterocycles. The molecule has 0 saturated heterocycles. The Bertz CT molecular complexity index is 906. The molecule has 0 aliphatic heterocycles. The Kier molecular flexibility index (Phi) is 3.76. The van der Waals surface area contributed by atoms with E-state index in [1.54, 1.807) is 25.5 Å². The molecule has 0 saturated carbocycles. The van der Waals surface area contributed by atoms with Gasteiger partial charge in [0, 0.05) is 31.1 Å². The van der Waals surface area contributed by atoms with Gasteiger partial charge in [-0.15, -0.1) is 0 Å². The molecule has 3 rings (SSSR count). The van der Waals surface area contributed by atoms with Crippen molar-refractivity contribution in [1.82, 2.24) is 19.5 Å². The van der Waals surface area contributed by atoms with Crippen LogP contribution in [-0.2, 0) is 7.05 Å². The van der Waals surface area contributed by atoms with E-state index in [0.717, 1.165) is 5.56 Å². The molecule has 0 atom stereocenters. The van der Waals surface area contributed by atoms with E-state index in [1.165, 1.54) is 17.7 Å². The van der Waals surface area contributed by atoms with Crippen molar-refractivity contribution in [2.75, 3.05) is 12.8 Å². The number of methoxy groups -OCH3 is 1. The molecule has 7 heteroatoms. The zero-order chi connectivity index (χ0) is 16.4. The van der Waals surface area contributed by atoms with Crippen LogP contribution in [-0.4, -0.2) is 26.6 Å². The summed E-state index contributed by atoms with van der Waals surface area (Å²) in [5.74, 6) is 0.424. The molecule has 116 valence electrons. The molecule has 0 spiro atoms. The summed E-state index contributed by atoms with van der Waals surface area (Å²) in [4.78, 5) is 24.4. The van der Waals surface area contributed by atoms with E-state index in [2.05, 4.69) is 15.0 Å². The first-order valence-electron chi connectivity index (χ1n) is 6.90. The summed E-state index contributed by atoms with van der Waals surface area (Å²) < 4.78 is 6.85. The first kappa shape index (κ1) is 14.7. The van der Waals surface area contributed by atoms with Crippen LogP contribution in [0.3, 0.4) is 0 Å². The number of hydrogen-bond donors (Lipinski definition) is 1. The van der Waals surface area contributed by atoms with Crippen molar-refractivity contribution >= 4 is 5.95 Å². The zero-order valence-electron chi connectivity index (χ0n) is 12.7. The van der Waals surface area contributed by atoms with E-state index in [4.69, 9.17) is 10.5 Å². The molecular weight excluding hydrogens is 294 g/mol. The molecule has 23 heavy (non-hydrogen) atoms. The molecule has 3 aromatic rings. The van der Waals surface area contributed by atoms with Gasteiger partial charge in [-0.25, -0.2) is 4.98 Å². The molecule has 7 nitrogen and oxygen atoms in total. The van der Waals surface area contributed by atoms with Crippen LogP contribution in [0.25, 0.3) is 22.5 Å². The standard InChI is InChI=1S/C16H15N5O2/c1-21-9-10(6-7-12(21)22)13-14(11-5-3-4-8-18-11)19-16(17)20-15(13)23-2/h3-9H,1-2H3,(H2,17,19,20). The number of aromatic nitrogens is 4. The smallest absolute Gasteiger partial charge is 0.250 e. The summed E-state index contributed by atoms with van der Waals surface area (Å²) in [6, 6.07) is 8.68. The Morgan fingerprint density at radius 3 is 2.65 bits per heavy atom. The first-order valence-corrected chi connectivity index (χ1v) is 6.90. The highest BCUT2D eigenvalue weighted by Crippen LogP contribution is 2.36. The maximum Gasteiger partial charge on any atom is 0.250 e. The van der Waals surface area contributed by atoms with Crippen LogP contribution in [0.4, 0.5) is 5.95 Å². The van der Waals surface area contributed by atoms with Gasteiger partial charge in [0.25, 0.3) is 0 Å². The second kappa shape index (κ2) is 5.88. The summed E-state index contributed by atoms with van der Waals surface area (Å²) in [6.07, 6.45) is 3.37. The van der Waals surface area contributed by atoms with E-state index in [-0.39, 0.29) is 11.5 Å². The van der Waals surface area contributed by atoms with Crippen LogP contribution in [0.5, 0.6) is 5.88 Å². The van der Waals surface area contributed by atoms with Crippen LogP contribution < -0.4 is 16.0 Å². The van der Waals surface area contributed by atoms with E-state index < -0.39 is 0 Å². The predicted octanol–water partition coefficient (Wildman–Crippen LogP) is 1.50. The lowest BCUT2D eigenvalue weighted by Gasteiger charge is -2.13. The largest absolute Gasteiger partial charge is 0.480 e. The van der Waals surface area contributed by atoms with Gasteiger partial charge in [-0.1, -0.05) is 6.07 Å². The first-order chi connectivity index (χ1) is 11.1. The summed E-state index contributed by atoms with van der Waals surface area (Å²) in [6.45, 7) is 0. The van der Waals surface area contributed by atoms with Crippen molar-refractivity contribution in [3.8, 4) is 28.4 Å². The predicted molar refractivity (Wildman–Crippen MR) is 86.9 cm³/mol. The Hall–Kier alpha value is -3.22. The maximum atomic E-state index is 11.6. The van der Waals surface area contributed by atoms with Crippen molar-refractivity contribution < 1.29 is 4.74 Å². The summed E-state index contributed by atoms with van der Waals surface area (Å²) >= 11 is 0. The Morgan fingerprint density at radius 2 is 2.00 bits per heavy atom. The van der Waals surface area contributed by atoms with Gasteiger partial charge >= 0.3 is 0 Å². The van der Waals surface area contributed by atoms with Gasteiger partial charge in [0.15, 0.2) is 0 Å². The Labute approximate surface area is 132 Å². The molecule has 2 N–H and O–H groups in total. The molecule has 0 aliphatic carbocycles. The molecule has 0 fully saturated rings. The summed E-state index contributed by atoms with van der Waals surface area (Å²) in [7, 11) is 3.19. The number of nitrogens with two attached hydrogens (primary N) is 1. The molecule has 0 radical (unpaired) electrons. The lowest BCUT2D eigenvalue weighted by molar-refractivity contribution is 0.399. The molecule has 0 unspecified atom stereocenters. The third-order valence-corrected chi connectivity index (χ3v) is 3.37. The van der Waals surface area contributed by atoms with Crippen LogP contribution in [0.15, 0.2) is 47.5 Å². The number of nitrogens with zero attached hydrogens (tertiary/aromatic N) is 4. The summed E-state index contributed by atoms with van der Waals surface area (Å²) in [5.41, 5.74) is 8.25. The van der Waals surface area contributed by atoms with Crippen LogP contribution in [0.2, 0.25) is 0 Å². The van der Waals surface area contributed by atoms with Crippen molar-refractivity contribution in [2.24, 2.45) is 7.05 Å². The number of nitrogen functional groups attached to an aromatic ring is 1. The molecule has 0 aliphatic rings. The molecule has 0 amide bonds. The Morgan fingerprint density at radius 1 is 1.17 bits per heavy atom. The average Bonchev–Trinajstić information content (AvgIpc) is 2.57. The van der Waals surface area contributed by atoms with Gasteiger partial charge in [-0.2, -0.15) is 4.98 Å². The fourth-order valence-electron chi connectivity index (χ4n) is 2.29. The number of rotatable bonds is 3. The second-order valence-corrected chi connectivity index (χ2v) is 4.90. The number of pyridine rings is 2. The zero-order valence-corrected chi connectivity index (χ0v) is 12.7. The monoisotopic (exact) mass is 309 g/mol. The van der Waals surface area contributed by atoms with Gasteiger partial charge in [-0.3, -0.25) is 9.78 Å². The van der Waals surface area contributed by atoms with Crippen LogP contribution in [0, 0.1) is 0 Å². The van der Waals surface area contributed by atoms with E-state index in [9.17, 15) is 4.79 Å².